The molecule has 0 saturated heterocycles. The number of carbonyl (C=O) groups is 1. The van der Waals surface area contributed by atoms with E-state index >= 15 is 0 Å². The predicted molar refractivity (Wildman–Crippen MR) is 111 cm³/mol. The van der Waals surface area contributed by atoms with Crippen molar-refractivity contribution >= 4 is 14.0 Å². The van der Waals surface area contributed by atoms with Gasteiger partial charge in [0.2, 0.25) is 0 Å². The summed E-state index contributed by atoms with van der Waals surface area (Å²) >= 11 is 0. The molecule has 0 aliphatic carbocycles. The van der Waals surface area contributed by atoms with Crippen LogP contribution in [0.15, 0.2) is 11.6 Å². The largest absolute Gasteiger partial charge is 0.496 e. The normalized spacial score (nSPS) is 14.1. The lowest BCUT2D eigenvalue weighted by Gasteiger charge is -2.20. The Kier molecular flexibility index (Phi) is 7.68. The maximum absolute atomic E-state index is 12.4. The summed E-state index contributed by atoms with van der Waals surface area (Å²) in [5, 5.41) is 9.30. The van der Waals surface area contributed by atoms with Crippen LogP contribution in [0.5, 0.6) is 11.5 Å². The van der Waals surface area contributed by atoms with Crippen molar-refractivity contribution in [1.82, 2.24) is 0 Å². The van der Waals surface area contributed by atoms with Crippen LogP contribution in [0.2, 0.25) is 25.7 Å². The van der Waals surface area contributed by atoms with Gasteiger partial charge in [-0.05, 0) is 31.9 Å². The van der Waals surface area contributed by atoms with Gasteiger partial charge in [0.25, 0.3) is 0 Å². The average molecular weight is 409 g/mol. The molecule has 6 nitrogen and oxygen atoms in total. The molecule has 2 rings (SSSR count). The van der Waals surface area contributed by atoms with Gasteiger partial charge in [-0.3, -0.25) is 0 Å². The number of hydrogen-bond acceptors (Lipinski definition) is 6. The molecule has 0 amide bonds. The first-order valence-electron chi connectivity index (χ1n) is 9.56. The summed E-state index contributed by atoms with van der Waals surface area (Å²) in [7, 11) is 0.421. The third-order valence-electron chi connectivity index (χ3n) is 4.81. The highest BCUT2D eigenvalue weighted by atomic mass is 28.3. The number of aliphatic hydroxyl groups excluding tert-OH is 1. The molecule has 7 heteroatoms. The van der Waals surface area contributed by atoms with Crippen LogP contribution in [0.1, 0.15) is 34.0 Å². The van der Waals surface area contributed by atoms with Crippen LogP contribution in [-0.2, 0) is 22.5 Å². The lowest BCUT2D eigenvalue weighted by molar-refractivity contribution is 0.0204. The second kappa shape index (κ2) is 9.58. The van der Waals surface area contributed by atoms with E-state index in [-0.39, 0.29) is 26.0 Å². The number of ether oxygens (including phenoxy) is 4. The van der Waals surface area contributed by atoms with Gasteiger partial charge < -0.3 is 24.1 Å². The molecule has 1 aromatic rings. The first-order chi connectivity index (χ1) is 13.2. The maximum Gasteiger partial charge on any atom is 0.342 e. The van der Waals surface area contributed by atoms with Gasteiger partial charge in [0.15, 0.2) is 6.79 Å². The standard InChI is InChI=1S/C21H32O6Si/c1-14(11-22)7-8-16-19(24-3)15(2)17-12-26-21(23)18(17)20(16)27-13-25-9-10-28(4,5)6/h7,22H,8-13H2,1-6H3/b14-7+. The molecule has 1 heterocycles. The number of esters is 1. The van der Waals surface area contributed by atoms with Gasteiger partial charge >= 0.3 is 5.97 Å². The van der Waals surface area contributed by atoms with Crippen LogP contribution in [-0.4, -0.2) is 46.3 Å². The van der Waals surface area contributed by atoms with E-state index in [1.54, 1.807) is 7.11 Å². The highest BCUT2D eigenvalue weighted by Crippen LogP contribution is 2.42. The first kappa shape index (κ1) is 22.5. The van der Waals surface area contributed by atoms with Crippen LogP contribution in [0.4, 0.5) is 0 Å². The average Bonchev–Trinajstić information content (AvgIpc) is 3.02. The second-order valence-electron chi connectivity index (χ2n) is 8.29. The van der Waals surface area contributed by atoms with Gasteiger partial charge in [0, 0.05) is 25.8 Å². The number of carbonyl (C=O) groups excluding carboxylic acids is 1. The van der Waals surface area contributed by atoms with E-state index in [0.717, 1.165) is 28.3 Å². The van der Waals surface area contributed by atoms with Crippen molar-refractivity contribution in [3.8, 4) is 11.5 Å². The number of allylic oxidation sites excluding steroid dienone is 1. The van der Waals surface area contributed by atoms with E-state index in [4.69, 9.17) is 18.9 Å². The fourth-order valence-corrected chi connectivity index (χ4v) is 3.80. The van der Waals surface area contributed by atoms with Crippen LogP contribution >= 0.6 is 0 Å². The zero-order chi connectivity index (χ0) is 20.9. The number of rotatable bonds is 10. The summed E-state index contributed by atoms with van der Waals surface area (Å²) < 4.78 is 22.5. The Balaban J connectivity index is 2.34. The molecular formula is C21H32O6Si. The number of benzene rings is 1. The summed E-state index contributed by atoms with van der Waals surface area (Å²) in [6.45, 7) is 11.5. The SMILES string of the molecule is COc1c(C)c2c(c(OCOCC[Si](C)(C)C)c1C/C=C(\C)CO)C(=O)OC2. The molecule has 0 atom stereocenters. The van der Waals surface area contributed by atoms with Crippen molar-refractivity contribution in [2.45, 2.75) is 52.6 Å². The third-order valence-corrected chi connectivity index (χ3v) is 6.52. The Labute approximate surface area is 168 Å². The van der Waals surface area contributed by atoms with Crippen LogP contribution in [0, 0.1) is 6.92 Å². The van der Waals surface area contributed by atoms with Crippen molar-refractivity contribution in [1.29, 1.82) is 0 Å². The number of aliphatic hydroxyl groups is 1. The Morgan fingerprint density at radius 3 is 2.61 bits per heavy atom. The Hall–Kier alpha value is -1.83. The molecular weight excluding hydrogens is 376 g/mol. The summed E-state index contributed by atoms with van der Waals surface area (Å²) in [5.41, 5.74) is 3.72. The van der Waals surface area contributed by atoms with E-state index in [2.05, 4.69) is 19.6 Å². The zero-order valence-electron chi connectivity index (χ0n) is 17.8. The molecule has 1 aliphatic rings. The minimum Gasteiger partial charge on any atom is -0.496 e. The first-order valence-corrected chi connectivity index (χ1v) is 13.3. The number of methoxy groups -OCH3 is 1. The van der Waals surface area contributed by atoms with Crippen molar-refractivity contribution < 1.29 is 28.8 Å². The second-order valence-corrected chi connectivity index (χ2v) is 13.9. The Morgan fingerprint density at radius 2 is 2.00 bits per heavy atom. The minimum atomic E-state index is -1.18. The quantitative estimate of drug-likeness (QED) is 0.208. The fourth-order valence-electron chi connectivity index (χ4n) is 3.05. The predicted octanol–water partition coefficient (Wildman–Crippen LogP) is 3.85. The Bertz CT molecular complexity index is 748. The summed E-state index contributed by atoms with van der Waals surface area (Å²) in [6, 6.07) is 1.04. The number of fused-ring (bicyclic) bond motifs is 1. The molecule has 0 spiro atoms. The van der Waals surface area contributed by atoms with E-state index in [1.807, 2.05) is 19.9 Å². The number of hydrogen-bond donors (Lipinski definition) is 1. The van der Waals surface area contributed by atoms with E-state index in [0.29, 0.717) is 30.1 Å². The van der Waals surface area contributed by atoms with Crippen LogP contribution in [0.3, 0.4) is 0 Å². The Morgan fingerprint density at radius 1 is 1.29 bits per heavy atom. The minimum absolute atomic E-state index is 0.0235. The molecule has 0 bridgehead atoms. The molecule has 0 fully saturated rings. The van der Waals surface area contributed by atoms with Crippen molar-refractivity contribution in [3.63, 3.8) is 0 Å². The molecule has 1 aromatic carbocycles. The van der Waals surface area contributed by atoms with Crippen LogP contribution < -0.4 is 9.47 Å². The summed E-state index contributed by atoms with van der Waals surface area (Å²) in [6.07, 6.45) is 2.38. The molecule has 1 N–H and O–H groups in total. The van der Waals surface area contributed by atoms with Crippen molar-refractivity contribution in [2.24, 2.45) is 0 Å². The number of cyclic esters (lactones) is 1. The highest BCUT2D eigenvalue weighted by Gasteiger charge is 2.33. The summed E-state index contributed by atoms with van der Waals surface area (Å²) in [4.78, 5) is 12.4. The van der Waals surface area contributed by atoms with Gasteiger partial charge in [0.1, 0.15) is 23.7 Å². The lowest BCUT2D eigenvalue weighted by Crippen LogP contribution is -2.22. The highest BCUT2D eigenvalue weighted by molar-refractivity contribution is 6.76. The molecule has 156 valence electrons. The molecule has 0 aromatic heterocycles. The third kappa shape index (κ3) is 5.37. The van der Waals surface area contributed by atoms with Gasteiger partial charge in [-0.1, -0.05) is 31.3 Å². The lowest BCUT2D eigenvalue weighted by atomic mass is 9.95. The van der Waals surface area contributed by atoms with Gasteiger partial charge in [-0.15, -0.1) is 0 Å². The molecule has 0 saturated carbocycles. The topological polar surface area (TPSA) is 74.2 Å². The molecule has 0 unspecified atom stereocenters. The fraction of sp³-hybridized carbons (Fsp3) is 0.571. The van der Waals surface area contributed by atoms with Gasteiger partial charge in [-0.2, -0.15) is 0 Å². The summed E-state index contributed by atoms with van der Waals surface area (Å²) in [5.74, 6) is 0.744. The van der Waals surface area contributed by atoms with Crippen LogP contribution in [0.25, 0.3) is 0 Å². The van der Waals surface area contributed by atoms with Crippen molar-refractivity contribution in [3.05, 3.63) is 33.9 Å². The van der Waals surface area contributed by atoms with E-state index < -0.39 is 8.07 Å². The van der Waals surface area contributed by atoms with Gasteiger partial charge in [-0.25, -0.2) is 4.79 Å². The molecule has 0 radical (unpaired) electrons. The van der Waals surface area contributed by atoms with E-state index in [1.165, 1.54) is 0 Å². The molecule has 1 aliphatic heterocycles. The zero-order valence-corrected chi connectivity index (χ0v) is 18.8. The smallest absolute Gasteiger partial charge is 0.342 e. The van der Waals surface area contributed by atoms with E-state index in [9.17, 15) is 9.90 Å². The molecule has 28 heavy (non-hydrogen) atoms. The van der Waals surface area contributed by atoms with Gasteiger partial charge in [0.05, 0.1) is 13.7 Å². The monoisotopic (exact) mass is 408 g/mol. The van der Waals surface area contributed by atoms with Crippen molar-refractivity contribution in [2.75, 3.05) is 27.1 Å². The maximum atomic E-state index is 12.4.